The second-order valence-electron chi connectivity index (χ2n) is 13.5. The first-order chi connectivity index (χ1) is 21.4. The van der Waals surface area contributed by atoms with E-state index in [1.807, 2.05) is 57.2 Å². The van der Waals surface area contributed by atoms with Crippen molar-refractivity contribution in [3.63, 3.8) is 0 Å². The van der Waals surface area contributed by atoms with Gasteiger partial charge in [-0.15, -0.1) is 0 Å². The molecule has 9 heteroatoms. The molecule has 0 heterocycles. The number of hydrogen-bond acceptors (Lipinski definition) is 7. The molecule has 0 aliphatic carbocycles. The van der Waals surface area contributed by atoms with Gasteiger partial charge in [0.1, 0.15) is 0 Å². The van der Waals surface area contributed by atoms with E-state index < -0.39 is 50.6 Å². The van der Waals surface area contributed by atoms with Crippen LogP contribution in [-0.4, -0.2) is 49.8 Å². The largest absolute Gasteiger partial charge is 0.346 e. The number of Topliss-reactive ketones (excluding diaryl/α,β-unsaturated/α-hetero) is 4. The number of nitrogens with one attached hydrogen (secondary N) is 1. The molecule has 0 saturated carbocycles. The van der Waals surface area contributed by atoms with Crippen LogP contribution in [0.3, 0.4) is 0 Å². The van der Waals surface area contributed by atoms with Gasteiger partial charge in [0.2, 0.25) is 11.7 Å². The summed E-state index contributed by atoms with van der Waals surface area (Å²) in [5.74, 6) is -4.06. The summed E-state index contributed by atoms with van der Waals surface area (Å²) >= 11 is 0. The highest BCUT2D eigenvalue weighted by Crippen LogP contribution is 2.32. The van der Waals surface area contributed by atoms with Gasteiger partial charge in [0.15, 0.2) is 27.2 Å². The summed E-state index contributed by atoms with van der Waals surface area (Å²) in [5, 5.41) is 4.52. The molecule has 0 radical (unpaired) electrons. The molecule has 3 aromatic rings. The predicted molar refractivity (Wildman–Crippen MR) is 179 cm³/mol. The quantitative estimate of drug-likeness (QED) is 0.158. The SMILES string of the molecule is CC(C)[C@H](CC(=O)[C@H](C)NC(=O)[C@@H](CC(=O)c1cccc2ccccc12)C(C)(C)C)C(=O)C(=O)CCc1ccc(S(C)(=O)=O)cc1. The fraction of sp³-hybridized carbons (Fsp3) is 0.432. The number of hydrogen-bond donors (Lipinski definition) is 1. The second kappa shape index (κ2) is 15.1. The predicted octanol–water partition coefficient (Wildman–Crippen LogP) is 5.99. The number of fused-ring (bicyclic) bond motifs is 1. The lowest BCUT2D eigenvalue weighted by molar-refractivity contribution is -0.141. The maximum Gasteiger partial charge on any atom is 0.224 e. The summed E-state index contributed by atoms with van der Waals surface area (Å²) in [6, 6.07) is 18.3. The highest BCUT2D eigenvalue weighted by molar-refractivity contribution is 7.90. The van der Waals surface area contributed by atoms with Crippen molar-refractivity contribution in [2.75, 3.05) is 6.26 Å². The van der Waals surface area contributed by atoms with E-state index >= 15 is 0 Å². The Morgan fingerprint density at radius 1 is 0.804 bits per heavy atom. The summed E-state index contributed by atoms with van der Waals surface area (Å²) in [6.07, 6.45) is 1.05. The van der Waals surface area contributed by atoms with Gasteiger partial charge in [-0.3, -0.25) is 24.0 Å². The minimum absolute atomic E-state index is 0.0388. The summed E-state index contributed by atoms with van der Waals surface area (Å²) in [7, 11) is -3.34. The van der Waals surface area contributed by atoms with E-state index in [4.69, 9.17) is 0 Å². The molecule has 0 bridgehead atoms. The molecule has 0 unspecified atom stereocenters. The standard InChI is InChI=1S/C37H45NO7S/c1-23(2)30(35(42)32(39)20-17-25-15-18-27(19-16-25)46(7,44)45)21-33(40)24(3)38-36(43)31(37(4,5)6)22-34(41)29-14-10-12-26-11-8-9-13-28(26)29/h8-16,18-19,23-24,30-31H,17,20-22H2,1-7H3,(H,38,43)/t24-,30-,31+/m0/s1. The Bertz CT molecular complexity index is 1710. The number of carbonyl (C=O) groups excluding carboxylic acids is 5. The fourth-order valence-corrected chi connectivity index (χ4v) is 6.10. The molecule has 3 atom stereocenters. The van der Waals surface area contributed by atoms with Gasteiger partial charge in [0, 0.05) is 37.0 Å². The van der Waals surface area contributed by atoms with E-state index in [1.165, 1.54) is 12.1 Å². The van der Waals surface area contributed by atoms with Crippen LogP contribution in [0.2, 0.25) is 0 Å². The van der Waals surface area contributed by atoms with Crippen LogP contribution in [0.5, 0.6) is 0 Å². The average Bonchev–Trinajstić information content (AvgIpc) is 2.99. The minimum Gasteiger partial charge on any atom is -0.346 e. The van der Waals surface area contributed by atoms with Gasteiger partial charge in [-0.25, -0.2) is 8.42 Å². The number of sulfone groups is 1. The van der Waals surface area contributed by atoms with Crippen molar-refractivity contribution in [3.05, 3.63) is 77.9 Å². The van der Waals surface area contributed by atoms with Crippen LogP contribution in [0.25, 0.3) is 10.8 Å². The fourth-order valence-electron chi connectivity index (χ4n) is 5.47. The first-order valence-electron chi connectivity index (χ1n) is 15.6. The van der Waals surface area contributed by atoms with Crippen LogP contribution < -0.4 is 5.32 Å². The molecule has 3 aromatic carbocycles. The molecular weight excluding hydrogens is 602 g/mol. The van der Waals surface area contributed by atoms with Gasteiger partial charge >= 0.3 is 0 Å². The molecule has 0 aliphatic rings. The first-order valence-corrected chi connectivity index (χ1v) is 17.5. The summed E-state index contributed by atoms with van der Waals surface area (Å²) in [4.78, 5) is 66.4. The highest BCUT2D eigenvalue weighted by Gasteiger charge is 2.36. The molecule has 3 rings (SSSR count). The van der Waals surface area contributed by atoms with Crippen molar-refractivity contribution in [2.24, 2.45) is 23.2 Å². The van der Waals surface area contributed by atoms with Crippen molar-refractivity contribution in [3.8, 4) is 0 Å². The number of carbonyl (C=O) groups is 5. The Labute approximate surface area is 272 Å². The lowest BCUT2D eigenvalue weighted by Crippen LogP contribution is -2.46. The molecule has 1 amide bonds. The molecule has 0 fully saturated rings. The summed E-state index contributed by atoms with van der Waals surface area (Å²) in [6.45, 7) is 10.7. The van der Waals surface area contributed by atoms with E-state index in [0.29, 0.717) is 5.56 Å². The Morgan fingerprint density at radius 2 is 1.41 bits per heavy atom. The lowest BCUT2D eigenvalue weighted by atomic mass is 9.76. The third-order valence-corrected chi connectivity index (χ3v) is 9.64. The van der Waals surface area contributed by atoms with E-state index in [9.17, 15) is 32.4 Å². The monoisotopic (exact) mass is 647 g/mol. The number of amides is 1. The van der Waals surface area contributed by atoms with Gasteiger partial charge in [-0.1, -0.05) is 89.2 Å². The van der Waals surface area contributed by atoms with E-state index in [-0.39, 0.29) is 48.1 Å². The molecule has 46 heavy (non-hydrogen) atoms. The van der Waals surface area contributed by atoms with Gasteiger partial charge in [0.05, 0.1) is 16.9 Å². The lowest BCUT2D eigenvalue weighted by Gasteiger charge is -2.30. The number of benzene rings is 3. The Hall–Kier alpha value is -3.98. The molecule has 0 aromatic heterocycles. The van der Waals surface area contributed by atoms with E-state index in [1.54, 1.807) is 39.0 Å². The van der Waals surface area contributed by atoms with Crippen LogP contribution in [0.1, 0.15) is 76.7 Å². The van der Waals surface area contributed by atoms with Gasteiger partial charge in [0.25, 0.3) is 0 Å². The van der Waals surface area contributed by atoms with Crippen LogP contribution >= 0.6 is 0 Å². The van der Waals surface area contributed by atoms with E-state index in [0.717, 1.165) is 22.6 Å². The van der Waals surface area contributed by atoms with Crippen molar-refractivity contribution >= 4 is 49.6 Å². The zero-order valence-corrected chi connectivity index (χ0v) is 28.6. The Morgan fingerprint density at radius 3 is 2.00 bits per heavy atom. The third-order valence-electron chi connectivity index (χ3n) is 8.51. The minimum atomic E-state index is -3.34. The molecule has 0 spiro atoms. The number of aryl methyl sites for hydroxylation is 1. The molecule has 1 N–H and O–H groups in total. The van der Waals surface area contributed by atoms with Crippen molar-refractivity contribution < 1.29 is 32.4 Å². The Kier molecular flexibility index (Phi) is 12.0. The third kappa shape index (κ3) is 9.52. The van der Waals surface area contributed by atoms with Crippen molar-refractivity contribution in [2.45, 2.75) is 78.2 Å². The maximum atomic E-state index is 13.5. The smallest absolute Gasteiger partial charge is 0.224 e. The first kappa shape index (κ1) is 36.5. The van der Waals surface area contributed by atoms with Gasteiger partial charge in [-0.2, -0.15) is 0 Å². The number of ketones is 4. The van der Waals surface area contributed by atoms with Crippen LogP contribution in [0, 0.1) is 23.2 Å². The van der Waals surface area contributed by atoms with Gasteiger partial charge in [-0.05, 0) is 53.1 Å². The van der Waals surface area contributed by atoms with Crippen molar-refractivity contribution in [1.29, 1.82) is 0 Å². The van der Waals surface area contributed by atoms with Crippen molar-refractivity contribution in [1.82, 2.24) is 5.32 Å². The van der Waals surface area contributed by atoms with E-state index in [2.05, 4.69) is 5.32 Å². The summed E-state index contributed by atoms with van der Waals surface area (Å²) in [5.41, 5.74) is 0.675. The molecular formula is C37H45NO7S. The normalized spacial score (nSPS) is 14.0. The molecule has 8 nitrogen and oxygen atoms in total. The number of rotatable bonds is 15. The summed E-state index contributed by atoms with van der Waals surface area (Å²) < 4.78 is 23.4. The maximum absolute atomic E-state index is 13.5. The average molecular weight is 648 g/mol. The Balaban J connectivity index is 1.64. The second-order valence-corrected chi connectivity index (χ2v) is 15.5. The molecule has 0 saturated heterocycles. The van der Waals surface area contributed by atoms with Crippen LogP contribution in [-0.2, 0) is 35.4 Å². The highest BCUT2D eigenvalue weighted by atomic mass is 32.2. The molecule has 0 aliphatic heterocycles. The zero-order valence-electron chi connectivity index (χ0n) is 27.8. The zero-order chi connectivity index (χ0) is 34.4. The van der Waals surface area contributed by atoms with Gasteiger partial charge < -0.3 is 5.32 Å². The van der Waals surface area contributed by atoms with Crippen LogP contribution in [0.4, 0.5) is 0 Å². The van der Waals surface area contributed by atoms with Crippen LogP contribution in [0.15, 0.2) is 71.6 Å². The topological polar surface area (TPSA) is 132 Å². The molecule has 246 valence electrons.